The Balaban J connectivity index is 1.95. The monoisotopic (exact) mass is 1150 g/mol. The van der Waals surface area contributed by atoms with E-state index < -0.39 is 0 Å². The summed E-state index contributed by atoms with van der Waals surface area (Å²) in [4.78, 5) is 24.6. The van der Waals surface area contributed by atoms with E-state index in [0.29, 0.717) is 72.8 Å². The third kappa shape index (κ3) is 37.0. The van der Waals surface area contributed by atoms with Crippen LogP contribution in [0.25, 0.3) is 0 Å². The van der Waals surface area contributed by atoms with Crippen molar-refractivity contribution in [3.05, 3.63) is 65.7 Å². The van der Waals surface area contributed by atoms with E-state index in [0.717, 1.165) is 101 Å². The van der Waals surface area contributed by atoms with Crippen molar-refractivity contribution < 1.29 is 33.3 Å². The third-order valence-corrected chi connectivity index (χ3v) is 15.2. The Kier molecular flexibility index (Phi) is 44.5. The second-order valence-corrected chi connectivity index (χ2v) is 22.9. The Morgan fingerprint density at radius 1 is 0.325 bits per heavy atom. The Morgan fingerprint density at radius 2 is 0.590 bits per heavy atom. The van der Waals surface area contributed by atoms with Crippen LogP contribution in [0.3, 0.4) is 0 Å². The van der Waals surface area contributed by atoms with Crippen LogP contribution in [0.4, 0.5) is 11.4 Å². The molecule has 0 aliphatic rings. The molecule has 0 saturated heterocycles. The molecule has 0 fully saturated rings. The zero-order chi connectivity index (χ0) is 59.3. The quantitative estimate of drug-likeness (QED) is 0.0324. The Bertz CT molecular complexity index is 1970. The highest BCUT2D eigenvalue weighted by Crippen LogP contribution is 2.45. The fourth-order valence-corrected chi connectivity index (χ4v) is 10.0. The summed E-state index contributed by atoms with van der Waals surface area (Å²) in [5, 5.41) is 16.4. The number of benzene rings is 3. The number of unbranched alkanes of at least 4 members (excludes halogenated alkanes) is 33. The van der Waals surface area contributed by atoms with Gasteiger partial charge in [-0.1, -0.05) is 257 Å². The molecule has 83 heavy (non-hydrogen) atoms. The summed E-state index contributed by atoms with van der Waals surface area (Å²) >= 11 is 0. The highest BCUT2D eigenvalue weighted by Gasteiger charge is 2.24. The molecule has 0 unspecified atom stereocenters. The van der Waals surface area contributed by atoms with Crippen LogP contribution in [0.2, 0.25) is 0 Å². The predicted molar refractivity (Wildman–Crippen MR) is 343 cm³/mol. The van der Waals surface area contributed by atoms with Gasteiger partial charge in [-0.3, -0.25) is 9.59 Å². The average molecular weight is 1150 g/mol. The van der Waals surface area contributed by atoms with Crippen LogP contribution < -0.4 is 34.5 Å². The molecule has 0 spiro atoms. The van der Waals surface area contributed by atoms with E-state index in [1.807, 2.05) is 48.5 Å². The van der Waals surface area contributed by atoms with E-state index in [2.05, 4.69) is 72.2 Å². The van der Waals surface area contributed by atoms with E-state index in [-0.39, 0.29) is 25.0 Å². The van der Waals surface area contributed by atoms with E-state index in [9.17, 15) is 9.59 Å². The first-order valence-corrected chi connectivity index (χ1v) is 33.8. The van der Waals surface area contributed by atoms with Gasteiger partial charge in [0.2, 0.25) is 17.6 Å². The number of carbonyl (C=O) groups excluding carboxylic acids is 2. The number of nitrogens with one attached hydrogen (secondary N) is 2. The molecule has 0 aliphatic heterocycles. The number of hydrogen-bond acceptors (Lipinski definition) is 11. The lowest BCUT2D eigenvalue weighted by Gasteiger charge is -2.23. The lowest BCUT2D eigenvalue weighted by molar-refractivity contribution is -0.122. The largest absolute Gasteiger partial charge is 0.489 e. The van der Waals surface area contributed by atoms with E-state index in [4.69, 9.17) is 23.7 Å². The van der Waals surface area contributed by atoms with Gasteiger partial charge in [0.1, 0.15) is 24.7 Å². The maximum absolute atomic E-state index is 12.3. The van der Waals surface area contributed by atoms with Gasteiger partial charge >= 0.3 is 0 Å². The molecule has 0 bridgehead atoms. The van der Waals surface area contributed by atoms with Crippen molar-refractivity contribution in [3.8, 4) is 28.7 Å². The predicted octanol–water partition coefficient (Wildman–Crippen LogP) is 21.9. The number of nitrogens with zero attached hydrogens (tertiary/aromatic N) is 4. The standard InChI is InChI=1S/C70H116N6O7/c1-6-11-16-21-24-27-30-33-36-41-54-79-68-60(58-82-64-50-46-62(47-51-64)71-75-73-66(77)44-39-19-14-9-4)57-61(59-83-65-52-48-63(49-53-65)72-76-74-67(78)45-40-20-15-10-5)69(80-55-42-37-34-31-28-25-22-17-12-7-2)70(68)81-56-43-38-35-32-29-26-23-18-13-8-3/h46-53,57H,6-45,54-56,58-59H2,1-5H3,(H,71,73,77)(H,72,74,78). The third-order valence-electron chi connectivity index (χ3n) is 15.2. The topological polar surface area (TPSA) is 154 Å². The molecule has 3 aromatic carbocycles. The lowest BCUT2D eigenvalue weighted by atomic mass is 10.1. The zero-order valence-corrected chi connectivity index (χ0v) is 53.2. The number of ether oxygens (including phenoxy) is 5. The maximum atomic E-state index is 12.3. The molecule has 0 atom stereocenters. The minimum absolute atomic E-state index is 0.130. The molecule has 0 heterocycles. The lowest BCUT2D eigenvalue weighted by Crippen LogP contribution is -2.15. The number of rotatable bonds is 56. The van der Waals surface area contributed by atoms with Crippen molar-refractivity contribution in [3.63, 3.8) is 0 Å². The Morgan fingerprint density at radius 3 is 0.892 bits per heavy atom. The van der Waals surface area contributed by atoms with Gasteiger partial charge in [-0.05, 0) is 86.7 Å². The zero-order valence-electron chi connectivity index (χ0n) is 53.2. The fraction of sp³-hybridized carbons (Fsp3) is 0.714. The number of carbonyl (C=O) groups is 2. The fourth-order valence-electron chi connectivity index (χ4n) is 10.0. The molecule has 0 aliphatic carbocycles. The van der Waals surface area contributed by atoms with Crippen molar-refractivity contribution in [2.24, 2.45) is 20.7 Å². The van der Waals surface area contributed by atoms with Gasteiger partial charge in [0.25, 0.3) is 0 Å². The summed E-state index contributed by atoms with van der Waals surface area (Å²) in [5.74, 6) is 2.98. The minimum atomic E-state index is -0.130. The second kappa shape index (κ2) is 51.2. The van der Waals surface area contributed by atoms with Crippen LogP contribution >= 0.6 is 0 Å². The summed E-state index contributed by atoms with van der Waals surface area (Å²) in [5.41, 5.74) is 8.02. The van der Waals surface area contributed by atoms with Gasteiger partial charge in [-0.2, -0.15) is 0 Å². The number of amides is 2. The smallest absolute Gasteiger partial charge is 0.241 e. The molecule has 13 nitrogen and oxygen atoms in total. The van der Waals surface area contributed by atoms with Crippen molar-refractivity contribution in [1.29, 1.82) is 0 Å². The first-order chi connectivity index (χ1) is 40.9. The normalized spacial score (nSPS) is 11.4. The molecular weight excluding hydrogens is 1040 g/mol. The summed E-state index contributed by atoms with van der Waals surface area (Å²) in [6, 6.07) is 16.9. The molecule has 3 aromatic rings. The molecule has 468 valence electrons. The van der Waals surface area contributed by atoms with Gasteiger partial charge < -0.3 is 23.7 Å². The molecule has 0 aromatic heterocycles. The molecule has 2 amide bonds. The van der Waals surface area contributed by atoms with Crippen molar-refractivity contribution >= 4 is 23.2 Å². The first kappa shape index (κ1) is 72.1. The molecular formula is C70H116N6O7. The minimum Gasteiger partial charge on any atom is -0.489 e. The molecule has 0 radical (unpaired) electrons. The van der Waals surface area contributed by atoms with Gasteiger partial charge in [0.05, 0.1) is 31.2 Å². The summed E-state index contributed by atoms with van der Waals surface area (Å²) in [7, 11) is 0. The first-order valence-electron chi connectivity index (χ1n) is 33.8. The summed E-state index contributed by atoms with van der Waals surface area (Å²) in [6.07, 6.45) is 46.2. The molecule has 0 saturated carbocycles. The van der Waals surface area contributed by atoms with Gasteiger partial charge in [0.15, 0.2) is 11.5 Å². The van der Waals surface area contributed by atoms with Gasteiger partial charge in [0, 0.05) is 24.0 Å². The molecule has 2 N–H and O–H groups in total. The Labute approximate surface area is 504 Å². The van der Waals surface area contributed by atoms with Crippen LogP contribution in [-0.4, -0.2) is 31.6 Å². The summed E-state index contributed by atoms with van der Waals surface area (Å²) in [6.45, 7) is 13.2. The van der Waals surface area contributed by atoms with Crippen LogP contribution in [-0.2, 0) is 22.8 Å². The van der Waals surface area contributed by atoms with Crippen molar-refractivity contribution in [2.75, 3.05) is 19.8 Å². The highest BCUT2D eigenvalue weighted by atomic mass is 16.5. The van der Waals surface area contributed by atoms with E-state index >= 15 is 0 Å². The molecule has 13 heteroatoms. The SMILES string of the molecule is CCCCCCCCCCCCOc1c(COc2ccc(N=NNC(=O)CCCCCC)cc2)cc(COc2ccc(N=NNC(=O)CCCCCC)cc2)c(OCCCCCCCCCCCC)c1OCCCCCCCCCCCC. The second-order valence-electron chi connectivity index (χ2n) is 22.9. The van der Waals surface area contributed by atoms with Crippen LogP contribution in [0.5, 0.6) is 28.7 Å². The van der Waals surface area contributed by atoms with Crippen molar-refractivity contribution in [1.82, 2.24) is 10.9 Å². The van der Waals surface area contributed by atoms with Crippen molar-refractivity contribution in [2.45, 2.75) is 305 Å². The van der Waals surface area contributed by atoms with Crippen LogP contribution in [0.1, 0.15) is 303 Å². The summed E-state index contributed by atoms with van der Waals surface area (Å²) < 4.78 is 34.0. The van der Waals surface area contributed by atoms with E-state index in [1.54, 1.807) is 0 Å². The Hall–Kier alpha value is -5.20. The van der Waals surface area contributed by atoms with Crippen LogP contribution in [0, 0.1) is 0 Å². The number of hydrogen-bond donors (Lipinski definition) is 2. The van der Waals surface area contributed by atoms with Crippen LogP contribution in [0.15, 0.2) is 75.3 Å². The van der Waals surface area contributed by atoms with Gasteiger partial charge in [-0.15, -0.1) is 10.2 Å². The van der Waals surface area contributed by atoms with Gasteiger partial charge in [-0.25, -0.2) is 10.9 Å². The maximum Gasteiger partial charge on any atom is 0.241 e. The highest BCUT2D eigenvalue weighted by molar-refractivity contribution is 5.75. The van der Waals surface area contributed by atoms with E-state index in [1.165, 1.54) is 154 Å². The average Bonchev–Trinajstić information content (AvgIpc) is 3.66. The molecule has 3 rings (SSSR count).